The van der Waals surface area contributed by atoms with E-state index in [4.69, 9.17) is 4.74 Å². The number of benzene rings is 1. The molecule has 0 saturated carbocycles. The van der Waals surface area contributed by atoms with E-state index in [-0.39, 0.29) is 11.2 Å². The summed E-state index contributed by atoms with van der Waals surface area (Å²) in [5.74, 6) is 1.52. The molecule has 1 N–H and O–H groups in total. The summed E-state index contributed by atoms with van der Waals surface area (Å²) in [7, 11) is 1.65. The van der Waals surface area contributed by atoms with Gasteiger partial charge in [0.25, 0.3) is 0 Å². The van der Waals surface area contributed by atoms with Crippen molar-refractivity contribution in [1.29, 1.82) is 0 Å². The summed E-state index contributed by atoms with van der Waals surface area (Å²) in [6.45, 7) is 8.14. The summed E-state index contributed by atoms with van der Waals surface area (Å²) in [4.78, 5) is 16.8. The minimum Gasteiger partial charge on any atom is -0.497 e. The number of nitrogens with one attached hydrogen (secondary N) is 1. The molecular formula is C20H23N5O2S2. The summed E-state index contributed by atoms with van der Waals surface area (Å²) in [6.07, 6.45) is 2.43. The molecule has 0 radical (unpaired) electrons. The maximum atomic E-state index is 12.5. The average Bonchev–Trinajstić information content (AvgIpc) is 3.29. The predicted molar refractivity (Wildman–Crippen MR) is 117 cm³/mol. The number of rotatable bonds is 9. The largest absolute Gasteiger partial charge is 0.497 e. The summed E-state index contributed by atoms with van der Waals surface area (Å²) < 4.78 is 7.19. The molecule has 7 nitrogen and oxygen atoms in total. The number of anilines is 1. The molecule has 3 rings (SSSR count). The van der Waals surface area contributed by atoms with Crippen molar-refractivity contribution in [3.8, 4) is 5.75 Å². The van der Waals surface area contributed by atoms with Gasteiger partial charge in [-0.15, -0.1) is 28.1 Å². The van der Waals surface area contributed by atoms with E-state index in [1.165, 1.54) is 23.1 Å². The van der Waals surface area contributed by atoms with Crippen LogP contribution in [0.1, 0.15) is 24.0 Å². The van der Waals surface area contributed by atoms with Crippen LogP contribution in [0.4, 0.5) is 5.13 Å². The van der Waals surface area contributed by atoms with Crippen LogP contribution in [-0.4, -0.2) is 38.0 Å². The van der Waals surface area contributed by atoms with Gasteiger partial charge in [0.1, 0.15) is 11.6 Å². The number of thioether (sulfide) groups is 1. The minimum absolute atomic E-state index is 0.116. The molecule has 1 amide bonds. The van der Waals surface area contributed by atoms with Gasteiger partial charge in [-0.05, 0) is 31.5 Å². The molecule has 29 heavy (non-hydrogen) atoms. The molecule has 0 fully saturated rings. The van der Waals surface area contributed by atoms with Crippen LogP contribution in [0, 0.1) is 6.92 Å². The third-order valence-electron chi connectivity index (χ3n) is 4.13. The van der Waals surface area contributed by atoms with Gasteiger partial charge in [-0.3, -0.25) is 4.79 Å². The molecule has 3 aromatic rings. The van der Waals surface area contributed by atoms with Gasteiger partial charge >= 0.3 is 0 Å². The highest BCUT2D eigenvalue weighted by molar-refractivity contribution is 8.00. The van der Waals surface area contributed by atoms with Crippen molar-refractivity contribution in [2.45, 2.75) is 37.2 Å². The number of methoxy groups -OCH3 is 1. The number of thiazole rings is 1. The van der Waals surface area contributed by atoms with Crippen LogP contribution in [0.5, 0.6) is 5.75 Å². The number of hydrogen-bond donors (Lipinski definition) is 1. The SMILES string of the molecule is C=CCn1c(Cc2ccc(OC)cc2)nnc1S[C@H](C)C(=O)Nc1nc(C)cs1. The molecule has 0 aliphatic rings. The smallest absolute Gasteiger partial charge is 0.239 e. The fourth-order valence-electron chi connectivity index (χ4n) is 2.61. The van der Waals surface area contributed by atoms with Crippen molar-refractivity contribution in [1.82, 2.24) is 19.7 Å². The molecule has 0 bridgehead atoms. The molecule has 0 aliphatic carbocycles. The van der Waals surface area contributed by atoms with Crippen molar-refractivity contribution in [2.24, 2.45) is 0 Å². The van der Waals surface area contributed by atoms with Gasteiger partial charge in [0.2, 0.25) is 5.91 Å². The highest BCUT2D eigenvalue weighted by Gasteiger charge is 2.21. The standard InChI is InChI=1S/C20H23N5O2S2/c1-5-10-25-17(11-15-6-8-16(27-4)9-7-15)23-24-20(25)29-14(3)18(26)22-19-21-13(2)12-28-19/h5-9,12,14H,1,10-11H2,2-4H3,(H,21,22,26)/t14-/m1/s1. The van der Waals surface area contributed by atoms with E-state index in [9.17, 15) is 4.79 Å². The van der Waals surface area contributed by atoms with Crippen LogP contribution >= 0.6 is 23.1 Å². The van der Waals surface area contributed by atoms with E-state index in [0.29, 0.717) is 23.3 Å². The first-order chi connectivity index (χ1) is 14.0. The Labute approximate surface area is 178 Å². The van der Waals surface area contributed by atoms with Gasteiger partial charge in [0.15, 0.2) is 10.3 Å². The van der Waals surface area contributed by atoms with Crippen molar-refractivity contribution >= 4 is 34.1 Å². The summed E-state index contributed by atoms with van der Waals surface area (Å²) >= 11 is 2.78. The first kappa shape index (κ1) is 21.1. The molecule has 2 heterocycles. The van der Waals surface area contributed by atoms with Crippen molar-refractivity contribution < 1.29 is 9.53 Å². The molecule has 0 spiro atoms. The number of hydrogen-bond acceptors (Lipinski definition) is 7. The molecule has 0 unspecified atom stereocenters. The Morgan fingerprint density at radius 1 is 1.38 bits per heavy atom. The first-order valence-corrected chi connectivity index (χ1v) is 10.8. The van der Waals surface area contributed by atoms with Gasteiger partial charge < -0.3 is 14.6 Å². The number of aromatic nitrogens is 4. The number of nitrogens with zero attached hydrogens (tertiary/aromatic N) is 4. The van der Waals surface area contributed by atoms with E-state index in [1.807, 2.05) is 48.1 Å². The van der Waals surface area contributed by atoms with Gasteiger partial charge in [0, 0.05) is 18.3 Å². The Morgan fingerprint density at radius 3 is 2.76 bits per heavy atom. The third-order valence-corrected chi connectivity index (χ3v) is 6.08. The maximum absolute atomic E-state index is 12.5. The normalized spacial score (nSPS) is 11.8. The van der Waals surface area contributed by atoms with Crippen LogP contribution in [0.15, 0.2) is 47.5 Å². The lowest BCUT2D eigenvalue weighted by atomic mass is 10.1. The van der Waals surface area contributed by atoms with Crippen LogP contribution in [0.25, 0.3) is 0 Å². The summed E-state index contributed by atoms with van der Waals surface area (Å²) in [5.41, 5.74) is 1.99. The Morgan fingerprint density at radius 2 is 2.14 bits per heavy atom. The molecule has 0 aliphatic heterocycles. The second kappa shape index (κ2) is 9.71. The Hall–Kier alpha value is -2.65. The lowest BCUT2D eigenvalue weighted by Gasteiger charge is -2.12. The average molecular weight is 430 g/mol. The number of aryl methyl sites for hydroxylation is 1. The fourth-order valence-corrected chi connectivity index (χ4v) is 4.17. The van der Waals surface area contributed by atoms with E-state index in [2.05, 4.69) is 27.1 Å². The van der Waals surface area contributed by atoms with Crippen molar-refractivity contribution in [3.05, 3.63) is 59.4 Å². The molecular weight excluding hydrogens is 406 g/mol. The number of carbonyl (C=O) groups excluding carboxylic acids is 1. The van der Waals surface area contributed by atoms with Crippen molar-refractivity contribution in [2.75, 3.05) is 12.4 Å². The zero-order valence-electron chi connectivity index (χ0n) is 16.6. The summed E-state index contributed by atoms with van der Waals surface area (Å²) in [6, 6.07) is 7.85. The molecule has 2 aromatic heterocycles. The van der Waals surface area contributed by atoms with Crippen molar-refractivity contribution in [3.63, 3.8) is 0 Å². The van der Waals surface area contributed by atoms with Gasteiger partial charge in [-0.2, -0.15) is 0 Å². The van der Waals surface area contributed by atoms with Gasteiger partial charge in [-0.25, -0.2) is 4.98 Å². The quantitative estimate of drug-likeness (QED) is 0.410. The number of carbonyl (C=O) groups is 1. The first-order valence-electron chi connectivity index (χ1n) is 9.05. The second-order valence-electron chi connectivity index (χ2n) is 6.37. The second-order valence-corrected chi connectivity index (χ2v) is 8.53. The third kappa shape index (κ3) is 5.45. The van der Waals surface area contributed by atoms with Gasteiger partial charge in [-0.1, -0.05) is 30.0 Å². The number of allylic oxidation sites excluding steroid dienone is 1. The Bertz CT molecular complexity index is 981. The topological polar surface area (TPSA) is 81.9 Å². The zero-order valence-corrected chi connectivity index (χ0v) is 18.2. The Balaban J connectivity index is 1.71. The molecule has 9 heteroatoms. The predicted octanol–water partition coefficient (Wildman–Crippen LogP) is 3.95. The minimum atomic E-state index is -0.346. The number of ether oxygens (including phenoxy) is 1. The zero-order chi connectivity index (χ0) is 20.8. The van der Waals surface area contributed by atoms with Gasteiger partial charge in [0.05, 0.1) is 18.1 Å². The van der Waals surface area contributed by atoms with E-state index in [1.54, 1.807) is 13.2 Å². The highest BCUT2D eigenvalue weighted by Crippen LogP contribution is 2.25. The fraction of sp³-hybridized carbons (Fsp3) is 0.300. The van der Waals surface area contributed by atoms with Crippen LogP contribution in [-0.2, 0) is 17.8 Å². The molecule has 0 saturated heterocycles. The number of amides is 1. The van der Waals surface area contributed by atoms with E-state index >= 15 is 0 Å². The van der Waals surface area contributed by atoms with E-state index in [0.717, 1.165) is 22.8 Å². The highest BCUT2D eigenvalue weighted by atomic mass is 32.2. The van der Waals surface area contributed by atoms with E-state index < -0.39 is 0 Å². The molecule has 1 atom stereocenters. The van der Waals surface area contributed by atoms with Crippen LogP contribution in [0.3, 0.4) is 0 Å². The molecule has 152 valence electrons. The Kier molecular flexibility index (Phi) is 7.05. The molecule has 1 aromatic carbocycles. The lowest BCUT2D eigenvalue weighted by molar-refractivity contribution is -0.115. The monoisotopic (exact) mass is 429 g/mol. The van der Waals surface area contributed by atoms with Crippen LogP contribution in [0.2, 0.25) is 0 Å². The van der Waals surface area contributed by atoms with Crippen LogP contribution < -0.4 is 10.1 Å². The maximum Gasteiger partial charge on any atom is 0.239 e. The lowest BCUT2D eigenvalue weighted by Crippen LogP contribution is -2.23. The summed E-state index contributed by atoms with van der Waals surface area (Å²) in [5, 5.41) is 14.3.